The molecule has 98 valence electrons. The van der Waals surface area contributed by atoms with E-state index >= 15 is 0 Å². The molecule has 1 amide bonds. The zero-order valence-corrected chi connectivity index (χ0v) is 10.5. The van der Waals surface area contributed by atoms with E-state index in [4.69, 9.17) is 10.6 Å². The maximum atomic E-state index is 12.0. The van der Waals surface area contributed by atoms with Gasteiger partial charge in [0.25, 0.3) is 5.91 Å². The van der Waals surface area contributed by atoms with Gasteiger partial charge in [-0.25, -0.2) is 5.06 Å². The Bertz CT molecular complexity index is 375. The molecule has 1 fully saturated rings. The Morgan fingerprint density at radius 3 is 2.78 bits per heavy atom. The van der Waals surface area contributed by atoms with E-state index in [-0.39, 0.29) is 5.91 Å². The van der Waals surface area contributed by atoms with E-state index in [2.05, 4.69) is 12.1 Å². The van der Waals surface area contributed by atoms with Gasteiger partial charge in [0.15, 0.2) is 0 Å². The molecule has 1 aliphatic rings. The van der Waals surface area contributed by atoms with Gasteiger partial charge in [0.2, 0.25) is 0 Å². The highest BCUT2D eigenvalue weighted by Crippen LogP contribution is 2.10. The number of hydroxylamine groups is 2. The number of nitrogens with two attached hydrogens (primary N) is 1. The summed E-state index contributed by atoms with van der Waals surface area (Å²) in [6.45, 7) is 1.29. The highest BCUT2D eigenvalue weighted by Gasteiger charge is 2.23. The van der Waals surface area contributed by atoms with E-state index < -0.39 is 6.04 Å². The first-order valence-corrected chi connectivity index (χ1v) is 6.51. The fraction of sp³-hybridized carbons (Fsp3) is 0.500. The van der Waals surface area contributed by atoms with Crippen LogP contribution in [0.15, 0.2) is 30.3 Å². The fourth-order valence-electron chi connectivity index (χ4n) is 2.05. The maximum Gasteiger partial charge on any atom is 0.263 e. The number of aryl methyl sites for hydroxylation is 1. The second-order valence-corrected chi connectivity index (χ2v) is 4.61. The topological polar surface area (TPSA) is 55.6 Å². The van der Waals surface area contributed by atoms with Gasteiger partial charge in [-0.3, -0.25) is 9.63 Å². The normalized spacial score (nSPS) is 17.5. The second-order valence-electron chi connectivity index (χ2n) is 4.61. The molecule has 0 bridgehead atoms. The van der Waals surface area contributed by atoms with Crippen LogP contribution in [0.3, 0.4) is 0 Å². The molecule has 2 rings (SSSR count). The largest absolute Gasteiger partial charge is 0.320 e. The van der Waals surface area contributed by atoms with E-state index in [0.29, 0.717) is 19.6 Å². The molecular weight excluding hydrogens is 228 g/mol. The molecule has 0 aliphatic carbocycles. The molecule has 1 aromatic rings. The van der Waals surface area contributed by atoms with Crippen LogP contribution in [0.5, 0.6) is 0 Å². The van der Waals surface area contributed by atoms with Crippen LogP contribution >= 0.6 is 0 Å². The first-order valence-electron chi connectivity index (χ1n) is 6.51. The minimum atomic E-state index is -0.469. The summed E-state index contributed by atoms with van der Waals surface area (Å²) in [4.78, 5) is 17.3. The number of hydrogen-bond donors (Lipinski definition) is 1. The number of amides is 1. The van der Waals surface area contributed by atoms with Crippen LogP contribution in [-0.2, 0) is 16.1 Å². The van der Waals surface area contributed by atoms with Gasteiger partial charge in [0.05, 0.1) is 12.6 Å². The summed E-state index contributed by atoms with van der Waals surface area (Å²) in [6.07, 6.45) is 3.49. The molecule has 1 heterocycles. The van der Waals surface area contributed by atoms with Crippen LogP contribution in [-0.4, -0.2) is 30.2 Å². The van der Waals surface area contributed by atoms with Crippen LogP contribution in [0.25, 0.3) is 0 Å². The smallest absolute Gasteiger partial charge is 0.263 e. The molecule has 4 heteroatoms. The minimum Gasteiger partial charge on any atom is -0.320 e. The van der Waals surface area contributed by atoms with Crippen molar-refractivity contribution in [3.05, 3.63) is 35.9 Å². The number of carbonyl (C=O) groups is 1. The van der Waals surface area contributed by atoms with Gasteiger partial charge < -0.3 is 5.73 Å². The lowest BCUT2D eigenvalue weighted by Crippen LogP contribution is -2.46. The predicted octanol–water partition coefficient (Wildman–Crippen LogP) is 1.50. The third kappa shape index (κ3) is 3.55. The van der Waals surface area contributed by atoms with Crippen molar-refractivity contribution >= 4 is 5.91 Å². The molecule has 0 radical (unpaired) electrons. The zero-order valence-electron chi connectivity index (χ0n) is 10.5. The summed E-state index contributed by atoms with van der Waals surface area (Å²) >= 11 is 0. The molecule has 4 nitrogen and oxygen atoms in total. The first kappa shape index (κ1) is 13.1. The highest BCUT2D eigenvalue weighted by molar-refractivity contribution is 5.80. The third-order valence-electron chi connectivity index (χ3n) is 3.15. The molecular formula is C14H20N2O2. The van der Waals surface area contributed by atoms with Crippen LogP contribution in [0.1, 0.15) is 24.8 Å². The third-order valence-corrected chi connectivity index (χ3v) is 3.15. The van der Waals surface area contributed by atoms with Gasteiger partial charge >= 0.3 is 0 Å². The van der Waals surface area contributed by atoms with Crippen LogP contribution in [0.2, 0.25) is 0 Å². The standard InChI is InChI=1S/C14H20N2O2/c15-13(9-8-12-6-2-1-3-7-12)14(17)16-10-4-5-11-18-16/h1-3,6-7,13H,4-5,8-11,15H2/t13-/m0/s1. The van der Waals surface area contributed by atoms with E-state index in [0.717, 1.165) is 19.3 Å². The molecule has 1 saturated heterocycles. The van der Waals surface area contributed by atoms with E-state index in [1.165, 1.54) is 10.6 Å². The van der Waals surface area contributed by atoms with Gasteiger partial charge in [0.1, 0.15) is 0 Å². The van der Waals surface area contributed by atoms with Crippen LogP contribution in [0.4, 0.5) is 0 Å². The molecule has 2 N–H and O–H groups in total. The minimum absolute atomic E-state index is 0.0920. The number of nitrogens with zero attached hydrogens (tertiary/aromatic N) is 1. The summed E-state index contributed by atoms with van der Waals surface area (Å²) in [5, 5.41) is 1.43. The van der Waals surface area contributed by atoms with E-state index in [1.807, 2.05) is 18.2 Å². The molecule has 1 atom stereocenters. The zero-order chi connectivity index (χ0) is 12.8. The van der Waals surface area contributed by atoms with Gasteiger partial charge in [-0.1, -0.05) is 30.3 Å². The number of carbonyl (C=O) groups excluding carboxylic acids is 1. The number of hydrogen-bond acceptors (Lipinski definition) is 3. The molecule has 0 spiro atoms. The summed E-state index contributed by atoms with van der Waals surface area (Å²) in [6, 6.07) is 9.61. The van der Waals surface area contributed by atoms with Gasteiger partial charge in [0, 0.05) is 6.54 Å². The first-order chi connectivity index (χ1) is 8.77. The van der Waals surface area contributed by atoms with Crippen molar-refractivity contribution in [1.82, 2.24) is 5.06 Å². The van der Waals surface area contributed by atoms with Gasteiger partial charge in [-0.05, 0) is 31.2 Å². The average Bonchev–Trinajstić information content (AvgIpc) is 2.46. The molecule has 1 aromatic carbocycles. The van der Waals surface area contributed by atoms with Crippen molar-refractivity contribution < 1.29 is 9.63 Å². The van der Waals surface area contributed by atoms with Crippen molar-refractivity contribution in [2.24, 2.45) is 5.73 Å². The van der Waals surface area contributed by atoms with Gasteiger partial charge in [-0.2, -0.15) is 0 Å². The van der Waals surface area contributed by atoms with Crippen LogP contribution < -0.4 is 5.73 Å². The second kappa shape index (κ2) is 6.52. The summed E-state index contributed by atoms with van der Waals surface area (Å²) in [7, 11) is 0. The lowest BCUT2D eigenvalue weighted by Gasteiger charge is -2.28. The Balaban J connectivity index is 1.80. The predicted molar refractivity (Wildman–Crippen MR) is 69.6 cm³/mol. The molecule has 0 saturated carbocycles. The van der Waals surface area contributed by atoms with Gasteiger partial charge in [-0.15, -0.1) is 0 Å². The Labute approximate surface area is 108 Å². The van der Waals surface area contributed by atoms with Crippen molar-refractivity contribution in [1.29, 1.82) is 0 Å². The Kier molecular flexibility index (Phi) is 4.73. The molecule has 1 aliphatic heterocycles. The summed E-state index contributed by atoms with van der Waals surface area (Å²) < 4.78 is 0. The van der Waals surface area contributed by atoms with Crippen molar-refractivity contribution in [2.45, 2.75) is 31.7 Å². The Morgan fingerprint density at radius 2 is 2.11 bits per heavy atom. The van der Waals surface area contributed by atoms with Crippen molar-refractivity contribution in [2.75, 3.05) is 13.2 Å². The highest BCUT2D eigenvalue weighted by atomic mass is 16.7. The monoisotopic (exact) mass is 248 g/mol. The molecule has 0 aromatic heterocycles. The fourth-order valence-corrected chi connectivity index (χ4v) is 2.05. The van der Waals surface area contributed by atoms with Crippen molar-refractivity contribution in [3.8, 4) is 0 Å². The molecule has 0 unspecified atom stereocenters. The summed E-state index contributed by atoms with van der Waals surface area (Å²) in [5.74, 6) is -0.0920. The lowest BCUT2D eigenvalue weighted by atomic mass is 10.1. The SMILES string of the molecule is N[C@@H](CCc1ccccc1)C(=O)N1CCCCO1. The summed E-state index contributed by atoms with van der Waals surface area (Å²) in [5.41, 5.74) is 7.13. The van der Waals surface area contributed by atoms with Crippen LogP contribution in [0, 0.1) is 0 Å². The average molecular weight is 248 g/mol. The maximum absolute atomic E-state index is 12.0. The Morgan fingerprint density at radius 1 is 1.33 bits per heavy atom. The van der Waals surface area contributed by atoms with Crippen molar-refractivity contribution in [3.63, 3.8) is 0 Å². The number of benzene rings is 1. The van der Waals surface area contributed by atoms with E-state index in [9.17, 15) is 4.79 Å². The number of rotatable bonds is 4. The van der Waals surface area contributed by atoms with E-state index in [1.54, 1.807) is 0 Å². The molecule has 18 heavy (non-hydrogen) atoms. The lowest BCUT2D eigenvalue weighted by molar-refractivity contribution is -0.198. The Hall–Kier alpha value is -1.39. The quantitative estimate of drug-likeness (QED) is 0.878.